The average molecular weight is 306 g/mol. The monoisotopic (exact) mass is 305 g/mol. The molecule has 0 aliphatic heterocycles. The third-order valence-corrected chi connectivity index (χ3v) is 2.99. The molecule has 0 bridgehead atoms. The van der Waals surface area contributed by atoms with Gasteiger partial charge in [-0.05, 0) is 34.1 Å². The van der Waals surface area contributed by atoms with Gasteiger partial charge in [-0.15, -0.1) is 0 Å². The summed E-state index contributed by atoms with van der Waals surface area (Å²) in [5, 5.41) is 8.28. The first kappa shape index (κ1) is 12.6. The number of anilines is 1. The van der Waals surface area contributed by atoms with Crippen molar-refractivity contribution in [3.8, 4) is 5.75 Å². The molecule has 0 aliphatic carbocycles. The van der Waals surface area contributed by atoms with Gasteiger partial charge in [0.2, 0.25) is 0 Å². The highest BCUT2D eigenvalue weighted by atomic mass is 79.9. The van der Waals surface area contributed by atoms with E-state index in [9.17, 15) is 0 Å². The number of nitrogens with zero attached hydrogens (tertiary/aromatic N) is 2. The fraction of sp³-hybridized carbons (Fsp3) is 0.0769. The van der Waals surface area contributed by atoms with E-state index in [1.54, 1.807) is 19.2 Å². The molecule has 0 fully saturated rings. The molecule has 92 valence electrons. The van der Waals surface area contributed by atoms with Gasteiger partial charge in [-0.1, -0.05) is 18.2 Å². The van der Waals surface area contributed by atoms with E-state index in [0.717, 1.165) is 10.2 Å². The molecule has 0 saturated carbocycles. The zero-order chi connectivity index (χ0) is 13.0. The minimum Gasteiger partial charge on any atom is -0.494 e. The predicted octanol–water partition coefficient (Wildman–Crippen LogP) is 4.46. The number of hydrogen-bond acceptors (Lipinski definition) is 4. The van der Waals surface area contributed by atoms with Gasteiger partial charge in [-0.3, -0.25) is 0 Å². The van der Waals surface area contributed by atoms with Crippen molar-refractivity contribution in [2.75, 3.05) is 12.8 Å². The van der Waals surface area contributed by atoms with Crippen LogP contribution >= 0.6 is 15.9 Å². The second-order valence-corrected chi connectivity index (χ2v) is 4.43. The largest absolute Gasteiger partial charge is 0.494 e. The lowest BCUT2D eigenvalue weighted by Crippen LogP contribution is -1.92. The Hall–Kier alpha value is -1.88. The van der Waals surface area contributed by atoms with Crippen LogP contribution in [0.5, 0.6) is 5.75 Å². The van der Waals surface area contributed by atoms with E-state index in [-0.39, 0.29) is 0 Å². The molecular formula is C13H12BrN3O. The van der Waals surface area contributed by atoms with Crippen LogP contribution in [0.2, 0.25) is 0 Å². The normalized spacial score (nSPS) is 10.8. The minimum absolute atomic E-state index is 0.552. The lowest BCUT2D eigenvalue weighted by Gasteiger charge is -2.06. The van der Waals surface area contributed by atoms with Crippen LogP contribution in [-0.4, -0.2) is 7.11 Å². The smallest absolute Gasteiger partial charge is 0.145 e. The number of hydrogen-bond donors (Lipinski definition) is 1. The van der Waals surface area contributed by atoms with Gasteiger partial charge in [0.15, 0.2) is 0 Å². The van der Waals surface area contributed by atoms with Crippen molar-refractivity contribution in [2.45, 2.75) is 0 Å². The zero-order valence-corrected chi connectivity index (χ0v) is 11.4. The molecule has 0 spiro atoms. The molecule has 0 amide bonds. The van der Waals surface area contributed by atoms with Crippen LogP contribution < -0.4 is 10.5 Å². The first-order valence-electron chi connectivity index (χ1n) is 5.30. The van der Waals surface area contributed by atoms with Gasteiger partial charge in [0, 0.05) is 10.5 Å². The van der Waals surface area contributed by atoms with E-state index in [1.165, 1.54) is 0 Å². The summed E-state index contributed by atoms with van der Waals surface area (Å²) in [5.74, 6) is 0.575. The minimum atomic E-state index is 0.552. The average Bonchev–Trinajstić information content (AvgIpc) is 2.41. The van der Waals surface area contributed by atoms with Crippen molar-refractivity contribution < 1.29 is 4.74 Å². The molecule has 0 heterocycles. The molecule has 5 heteroatoms. The Balaban J connectivity index is 2.30. The fourth-order valence-corrected chi connectivity index (χ4v) is 1.85. The van der Waals surface area contributed by atoms with Gasteiger partial charge < -0.3 is 10.5 Å². The summed E-state index contributed by atoms with van der Waals surface area (Å²) in [6.45, 7) is 0. The first-order valence-corrected chi connectivity index (χ1v) is 6.10. The Morgan fingerprint density at radius 2 is 1.72 bits per heavy atom. The van der Waals surface area contributed by atoms with E-state index < -0.39 is 0 Å². The Bertz CT molecular complexity index is 570. The predicted molar refractivity (Wildman–Crippen MR) is 75.7 cm³/mol. The zero-order valence-electron chi connectivity index (χ0n) is 9.80. The standard InChI is InChI=1S/C13H12BrN3O/c1-18-12-8-10(7-11(14)13(12)15)17-16-9-5-3-2-4-6-9/h2-8H,15H2,1H3. The number of halogens is 1. The second-order valence-electron chi connectivity index (χ2n) is 3.58. The van der Waals surface area contributed by atoms with Crippen LogP contribution in [0.3, 0.4) is 0 Å². The summed E-state index contributed by atoms with van der Waals surface area (Å²) in [6, 6.07) is 13.1. The van der Waals surface area contributed by atoms with Crippen molar-refractivity contribution >= 4 is 33.0 Å². The van der Waals surface area contributed by atoms with Gasteiger partial charge in [-0.25, -0.2) is 0 Å². The molecule has 2 aromatic rings. The molecule has 2 aromatic carbocycles. The number of methoxy groups -OCH3 is 1. The van der Waals surface area contributed by atoms with Gasteiger partial charge in [-0.2, -0.15) is 10.2 Å². The Morgan fingerprint density at radius 1 is 1.06 bits per heavy atom. The van der Waals surface area contributed by atoms with Crippen molar-refractivity contribution in [3.63, 3.8) is 0 Å². The molecule has 2 N–H and O–H groups in total. The maximum Gasteiger partial charge on any atom is 0.145 e. The summed E-state index contributed by atoms with van der Waals surface area (Å²) in [6.07, 6.45) is 0. The summed E-state index contributed by atoms with van der Waals surface area (Å²) in [7, 11) is 1.57. The van der Waals surface area contributed by atoms with E-state index >= 15 is 0 Å². The van der Waals surface area contributed by atoms with Crippen molar-refractivity contribution in [2.24, 2.45) is 10.2 Å². The van der Waals surface area contributed by atoms with Crippen LogP contribution in [0.25, 0.3) is 0 Å². The third kappa shape index (κ3) is 2.87. The van der Waals surface area contributed by atoms with Gasteiger partial charge in [0.1, 0.15) is 5.75 Å². The number of rotatable bonds is 3. The number of azo groups is 1. The van der Waals surface area contributed by atoms with Crippen LogP contribution in [0, 0.1) is 0 Å². The number of benzene rings is 2. The van der Waals surface area contributed by atoms with E-state index in [4.69, 9.17) is 10.5 Å². The summed E-state index contributed by atoms with van der Waals surface area (Å²) < 4.78 is 5.90. The summed E-state index contributed by atoms with van der Waals surface area (Å²) in [4.78, 5) is 0. The molecule has 4 nitrogen and oxygen atoms in total. The number of nitrogen functional groups attached to an aromatic ring is 1. The maximum atomic E-state index is 5.83. The molecule has 0 aromatic heterocycles. The molecule has 18 heavy (non-hydrogen) atoms. The van der Waals surface area contributed by atoms with Crippen LogP contribution in [0.4, 0.5) is 17.1 Å². The highest BCUT2D eigenvalue weighted by molar-refractivity contribution is 9.10. The van der Waals surface area contributed by atoms with E-state index in [1.807, 2.05) is 30.3 Å². The quantitative estimate of drug-likeness (QED) is 0.672. The molecular weight excluding hydrogens is 294 g/mol. The van der Waals surface area contributed by atoms with Crippen LogP contribution in [-0.2, 0) is 0 Å². The lowest BCUT2D eigenvalue weighted by molar-refractivity contribution is 0.417. The van der Waals surface area contributed by atoms with Gasteiger partial charge >= 0.3 is 0 Å². The summed E-state index contributed by atoms with van der Waals surface area (Å²) in [5.41, 5.74) is 7.85. The summed E-state index contributed by atoms with van der Waals surface area (Å²) >= 11 is 3.36. The van der Waals surface area contributed by atoms with Gasteiger partial charge in [0.05, 0.1) is 24.2 Å². The Labute approximate surface area is 114 Å². The lowest BCUT2D eigenvalue weighted by atomic mass is 10.2. The highest BCUT2D eigenvalue weighted by Crippen LogP contribution is 2.35. The first-order chi connectivity index (χ1) is 8.70. The Kier molecular flexibility index (Phi) is 3.94. The second kappa shape index (κ2) is 5.64. The van der Waals surface area contributed by atoms with Crippen LogP contribution in [0.15, 0.2) is 57.2 Å². The Morgan fingerprint density at radius 3 is 2.39 bits per heavy atom. The number of ether oxygens (including phenoxy) is 1. The molecule has 0 radical (unpaired) electrons. The van der Waals surface area contributed by atoms with Crippen molar-refractivity contribution in [1.29, 1.82) is 0 Å². The van der Waals surface area contributed by atoms with Gasteiger partial charge in [0.25, 0.3) is 0 Å². The van der Waals surface area contributed by atoms with E-state index in [2.05, 4.69) is 26.2 Å². The number of nitrogens with two attached hydrogens (primary N) is 1. The van der Waals surface area contributed by atoms with Crippen LogP contribution in [0.1, 0.15) is 0 Å². The molecule has 2 rings (SSSR count). The third-order valence-electron chi connectivity index (χ3n) is 2.33. The molecule has 0 aliphatic rings. The fourth-order valence-electron chi connectivity index (χ4n) is 1.42. The SMILES string of the molecule is COc1cc(N=Nc2ccccc2)cc(Br)c1N. The topological polar surface area (TPSA) is 60.0 Å². The molecule has 0 saturated heterocycles. The van der Waals surface area contributed by atoms with Crippen molar-refractivity contribution in [1.82, 2.24) is 0 Å². The maximum absolute atomic E-state index is 5.83. The molecule has 0 atom stereocenters. The van der Waals surface area contributed by atoms with Crippen molar-refractivity contribution in [3.05, 3.63) is 46.9 Å². The molecule has 0 unspecified atom stereocenters. The highest BCUT2D eigenvalue weighted by Gasteiger charge is 2.06. The van der Waals surface area contributed by atoms with E-state index in [0.29, 0.717) is 17.1 Å².